The van der Waals surface area contributed by atoms with Crippen LogP contribution in [-0.4, -0.2) is 7.91 Å². The van der Waals surface area contributed by atoms with Gasteiger partial charge in [0.25, 0.3) is 11.1 Å². The van der Waals surface area contributed by atoms with E-state index in [1.165, 1.54) is 61.2 Å². The molecule has 0 radical (unpaired) electrons. The van der Waals surface area contributed by atoms with Crippen molar-refractivity contribution in [3.63, 3.8) is 0 Å². The SMILES string of the molecule is CC(C)(C)CC(C)(C)n1sc(Cl)cc1=O.CCCCCCCCn1sc(Cl)c(Cl)c1=O. The molecule has 0 aliphatic rings. The molecule has 0 fully saturated rings. The Labute approximate surface area is 209 Å². The standard InChI is InChI=1S/C11H17Cl2NOS.C11H18ClNOS/c1-2-3-4-5-6-7-8-14-11(15)9(12)10(13)16-14;1-10(2,3)7-11(4,5)13-9(14)6-8(12)15-13/h2-8H2,1H3;6H,7H2,1-5H3. The summed E-state index contributed by atoms with van der Waals surface area (Å²) in [4.78, 5) is 23.2. The molecule has 0 saturated carbocycles. The molecule has 0 bridgehead atoms. The average molecular weight is 530 g/mol. The zero-order chi connectivity index (χ0) is 23.8. The molecule has 0 aliphatic carbocycles. The van der Waals surface area contributed by atoms with Gasteiger partial charge in [0, 0.05) is 12.6 Å². The van der Waals surface area contributed by atoms with Crippen LogP contribution in [0, 0.1) is 5.41 Å². The van der Waals surface area contributed by atoms with E-state index >= 15 is 0 Å². The number of aromatic nitrogens is 2. The van der Waals surface area contributed by atoms with Crippen molar-refractivity contribution >= 4 is 57.9 Å². The average Bonchev–Trinajstić information content (AvgIpc) is 3.10. The lowest BCUT2D eigenvalue weighted by Gasteiger charge is -2.32. The molecule has 2 aromatic rings. The van der Waals surface area contributed by atoms with Crippen molar-refractivity contribution in [1.82, 2.24) is 7.91 Å². The number of hydrogen-bond donors (Lipinski definition) is 0. The summed E-state index contributed by atoms with van der Waals surface area (Å²) in [5, 5.41) is 0.164. The predicted molar refractivity (Wildman–Crippen MR) is 139 cm³/mol. The van der Waals surface area contributed by atoms with Crippen molar-refractivity contribution in [3.8, 4) is 0 Å². The molecule has 2 heterocycles. The van der Waals surface area contributed by atoms with Gasteiger partial charge in [-0.1, -0.05) is 94.6 Å². The molecule has 0 unspecified atom stereocenters. The molecular formula is C22H35Cl3N2O2S2. The van der Waals surface area contributed by atoms with Gasteiger partial charge in [-0.15, -0.1) is 0 Å². The molecule has 0 spiro atoms. The van der Waals surface area contributed by atoms with Crippen molar-refractivity contribution in [3.05, 3.63) is 40.5 Å². The van der Waals surface area contributed by atoms with Crippen molar-refractivity contribution in [2.45, 2.75) is 98.6 Å². The van der Waals surface area contributed by atoms with E-state index in [0.717, 1.165) is 19.4 Å². The maximum Gasteiger partial charge on any atom is 0.280 e. The molecule has 0 atom stereocenters. The van der Waals surface area contributed by atoms with E-state index in [-0.39, 0.29) is 27.1 Å². The first-order chi connectivity index (χ1) is 14.3. The Morgan fingerprint density at radius 2 is 1.48 bits per heavy atom. The van der Waals surface area contributed by atoms with Crippen molar-refractivity contribution in [2.24, 2.45) is 5.41 Å². The molecule has 0 aromatic carbocycles. The minimum atomic E-state index is -0.173. The zero-order valence-electron chi connectivity index (χ0n) is 19.4. The van der Waals surface area contributed by atoms with Crippen LogP contribution in [0.4, 0.5) is 0 Å². The van der Waals surface area contributed by atoms with Crippen LogP contribution in [0.25, 0.3) is 0 Å². The van der Waals surface area contributed by atoms with Crippen LogP contribution < -0.4 is 11.1 Å². The van der Waals surface area contributed by atoms with E-state index in [1.54, 1.807) is 7.91 Å². The van der Waals surface area contributed by atoms with Gasteiger partial charge in [0.05, 0.1) is 5.54 Å². The molecule has 178 valence electrons. The van der Waals surface area contributed by atoms with E-state index in [0.29, 0.717) is 8.67 Å². The van der Waals surface area contributed by atoms with Gasteiger partial charge in [-0.05, 0) is 55.2 Å². The first kappa shape index (κ1) is 28.8. The summed E-state index contributed by atoms with van der Waals surface area (Å²) < 4.78 is 4.37. The number of hydrogen-bond acceptors (Lipinski definition) is 4. The molecule has 0 N–H and O–H groups in total. The van der Waals surface area contributed by atoms with Crippen LogP contribution in [0.2, 0.25) is 13.7 Å². The summed E-state index contributed by atoms with van der Waals surface area (Å²) >= 11 is 19.9. The van der Waals surface area contributed by atoms with Gasteiger partial charge in [0.15, 0.2) is 0 Å². The van der Waals surface area contributed by atoms with Gasteiger partial charge in [-0.25, -0.2) is 0 Å². The number of halogens is 3. The van der Waals surface area contributed by atoms with Crippen molar-refractivity contribution < 1.29 is 0 Å². The van der Waals surface area contributed by atoms with Gasteiger partial charge in [-0.2, -0.15) is 0 Å². The fourth-order valence-electron chi connectivity index (χ4n) is 3.66. The molecule has 2 aromatic heterocycles. The Morgan fingerprint density at radius 3 is 1.94 bits per heavy atom. The Kier molecular flexibility index (Phi) is 11.9. The second-order valence-corrected chi connectivity index (χ2v) is 13.2. The lowest BCUT2D eigenvalue weighted by molar-refractivity contribution is 0.223. The molecule has 9 heteroatoms. The predicted octanol–water partition coefficient (Wildman–Crippen LogP) is 8.31. The first-order valence-electron chi connectivity index (χ1n) is 10.7. The number of rotatable bonds is 9. The summed E-state index contributed by atoms with van der Waals surface area (Å²) in [5.41, 5.74) is -0.128. The van der Waals surface area contributed by atoms with E-state index in [1.807, 2.05) is 0 Å². The highest BCUT2D eigenvalue weighted by atomic mass is 35.5. The Morgan fingerprint density at radius 1 is 0.903 bits per heavy atom. The van der Waals surface area contributed by atoms with Crippen molar-refractivity contribution in [2.75, 3.05) is 0 Å². The summed E-state index contributed by atoms with van der Waals surface area (Å²) in [5.74, 6) is 0. The summed E-state index contributed by atoms with van der Waals surface area (Å²) in [6.45, 7) is 13.6. The molecule has 0 aliphatic heterocycles. The lowest BCUT2D eigenvalue weighted by atomic mass is 9.82. The lowest BCUT2D eigenvalue weighted by Crippen LogP contribution is -2.35. The summed E-state index contributed by atoms with van der Waals surface area (Å²) in [6.07, 6.45) is 8.23. The molecule has 4 nitrogen and oxygen atoms in total. The molecule has 31 heavy (non-hydrogen) atoms. The van der Waals surface area contributed by atoms with Gasteiger partial charge < -0.3 is 0 Å². The quantitative estimate of drug-likeness (QED) is 0.306. The second kappa shape index (κ2) is 12.8. The van der Waals surface area contributed by atoms with E-state index in [4.69, 9.17) is 34.8 Å². The monoisotopic (exact) mass is 528 g/mol. The maximum absolute atomic E-state index is 11.7. The second-order valence-electron chi connectivity index (χ2n) is 9.58. The van der Waals surface area contributed by atoms with Crippen LogP contribution in [-0.2, 0) is 12.1 Å². The number of nitrogens with zero attached hydrogens (tertiary/aromatic N) is 2. The van der Waals surface area contributed by atoms with E-state index < -0.39 is 0 Å². The molecular weight excluding hydrogens is 495 g/mol. The largest absolute Gasteiger partial charge is 0.280 e. The molecule has 0 saturated heterocycles. The summed E-state index contributed by atoms with van der Waals surface area (Å²) in [7, 11) is 0. The Balaban J connectivity index is 0.000000311. The highest BCUT2D eigenvalue weighted by Crippen LogP contribution is 2.33. The van der Waals surface area contributed by atoms with Gasteiger partial charge in [0.1, 0.15) is 13.7 Å². The highest BCUT2D eigenvalue weighted by molar-refractivity contribution is 7.12. The smallest absolute Gasteiger partial charge is 0.268 e. The van der Waals surface area contributed by atoms with Crippen LogP contribution >= 0.6 is 57.9 Å². The number of unbranched alkanes of at least 4 members (excludes halogenated alkanes) is 5. The third kappa shape index (κ3) is 10.0. The third-order valence-corrected chi connectivity index (χ3v) is 7.97. The van der Waals surface area contributed by atoms with Gasteiger partial charge in [0.2, 0.25) is 0 Å². The Bertz CT molecular complexity index is 921. The van der Waals surface area contributed by atoms with Crippen LogP contribution in [0.1, 0.15) is 86.5 Å². The van der Waals surface area contributed by atoms with Crippen molar-refractivity contribution in [1.29, 1.82) is 0 Å². The first-order valence-corrected chi connectivity index (χ1v) is 13.4. The minimum Gasteiger partial charge on any atom is -0.268 e. The van der Waals surface area contributed by atoms with Gasteiger partial charge in [-0.3, -0.25) is 17.5 Å². The van der Waals surface area contributed by atoms with Crippen LogP contribution in [0.15, 0.2) is 15.7 Å². The number of aryl methyl sites for hydroxylation is 1. The van der Waals surface area contributed by atoms with E-state index in [2.05, 4.69) is 41.5 Å². The molecule has 2 rings (SSSR count). The fourth-order valence-corrected chi connectivity index (χ4v) is 6.09. The molecule has 0 amide bonds. The van der Waals surface area contributed by atoms with Gasteiger partial charge >= 0.3 is 0 Å². The van der Waals surface area contributed by atoms with Crippen LogP contribution in [0.5, 0.6) is 0 Å². The fraction of sp³-hybridized carbons (Fsp3) is 0.727. The normalized spacial score (nSPS) is 12.0. The highest BCUT2D eigenvalue weighted by Gasteiger charge is 2.29. The maximum atomic E-state index is 11.7. The zero-order valence-corrected chi connectivity index (χ0v) is 23.3. The minimum absolute atomic E-state index is 0.000694. The topological polar surface area (TPSA) is 44.0 Å². The third-order valence-electron chi connectivity index (χ3n) is 4.62. The Hall–Kier alpha value is -0.270. The van der Waals surface area contributed by atoms with E-state index in [9.17, 15) is 9.59 Å². The summed E-state index contributed by atoms with van der Waals surface area (Å²) in [6, 6.07) is 1.48. The van der Waals surface area contributed by atoms with Crippen LogP contribution in [0.3, 0.4) is 0 Å².